The quantitative estimate of drug-likeness (QED) is 0.697. The Balaban J connectivity index is 1.88. The van der Waals surface area contributed by atoms with Gasteiger partial charge in [-0.1, -0.05) is 6.07 Å². The van der Waals surface area contributed by atoms with Crippen LogP contribution >= 0.6 is 0 Å². The number of benzene rings is 1. The molecule has 2 aliphatic rings. The van der Waals surface area contributed by atoms with Gasteiger partial charge in [0.15, 0.2) is 6.10 Å². The maximum absolute atomic E-state index is 14.1. The lowest BCUT2D eigenvalue weighted by atomic mass is 9.96. The van der Waals surface area contributed by atoms with Crippen molar-refractivity contribution in [2.45, 2.75) is 44.1 Å². The van der Waals surface area contributed by atoms with Crippen LogP contribution in [0.15, 0.2) is 18.2 Å². The molecule has 0 radical (unpaired) electrons. The lowest BCUT2D eigenvalue weighted by Crippen LogP contribution is -2.54. The number of nitriles is 1. The number of rotatable bonds is 3. The van der Waals surface area contributed by atoms with Crippen molar-refractivity contribution in [2.75, 3.05) is 32.7 Å². The van der Waals surface area contributed by atoms with Gasteiger partial charge in [-0.25, -0.2) is 0 Å². The van der Waals surface area contributed by atoms with Crippen molar-refractivity contribution in [1.82, 2.24) is 15.1 Å². The predicted octanol–water partition coefficient (Wildman–Crippen LogP) is 2.83. The number of carbonyl (C=O) groups excluding carboxylic acids is 1. The van der Waals surface area contributed by atoms with E-state index in [9.17, 15) is 31.1 Å². The number of halogens is 6. The smallest absolute Gasteiger partial charge is 0.338 e. The van der Waals surface area contributed by atoms with Gasteiger partial charge in [0.2, 0.25) is 5.72 Å². The Morgan fingerprint density at radius 1 is 1.19 bits per heavy atom. The van der Waals surface area contributed by atoms with E-state index in [1.54, 1.807) is 0 Å². The average molecular weight is 464 g/mol. The fraction of sp³-hybridized carbons (Fsp3) is 0.600. The monoisotopic (exact) mass is 464 g/mol. The Bertz CT molecular complexity index is 903. The number of alkyl halides is 6. The van der Waals surface area contributed by atoms with Crippen LogP contribution in [-0.2, 0) is 21.4 Å². The fourth-order valence-corrected chi connectivity index (χ4v) is 3.93. The SMILES string of the molecule is CC(C)N1CCN(C(=O)[C@@H]2CN[C@@](c3ccc(C#N)c(C(F)(F)F)c3)(C(F)(F)F)O2)CC1. The maximum atomic E-state index is 14.1. The first-order chi connectivity index (χ1) is 14.8. The molecule has 0 bridgehead atoms. The summed E-state index contributed by atoms with van der Waals surface area (Å²) in [6, 6.07) is 3.24. The lowest BCUT2D eigenvalue weighted by molar-refractivity contribution is -0.285. The van der Waals surface area contributed by atoms with Crippen molar-refractivity contribution < 1.29 is 35.9 Å². The minimum Gasteiger partial charge on any atom is -0.338 e. The van der Waals surface area contributed by atoms with Crippen LogP contribution in [0.2, 0.25) is 0 Å². The van der Waals surface area contributed by atoms with Crippen LogP contribution in [0, 0.1) is 11.3 Å². The highest BCUT2D eigenvalue weighted by Crippen LogP contribution is 2.45. The number of nitrogens with one attached hydrogen (secondary N) is 1. The highest BCUT2D eigenvalue weighted by Gasteiger charge is 2.63. The van der Waals surface area contributed by atoms with E-state index < -0.39 is 53.3 Å². The van der Waals surface area contributed by atoms with E-state index in [0.29, 0.717) is 32.2 Å². The van der Waals surface area contributed by atoms with Crippen LogP contribution in [0.25, 0.3) is 0 Å². The summed E-state index contributed by atoms with van der Waals surface area (Å²) in [5, 5.41) is 11.0. The first-order valence-corrected chi connectivity index (χ1v) is 9.94. The van der Waals surface area contributed by atoms with Crippen molar-refractivity contribution in [1.29, 1.82) is 5.26 Å². The van der Waals surface area contributed by atoms with Gasteiger partial charge in [0.1, 0.15) is 0 Å². The number of piperazine rings is 1. The van der Waals surface area contributed by atoms with Crippen LogP contribution in [0.5, 0.6) is 0 Å². The summed E-state index contributed by atoms with van der Waals surface area (Å²) in [7, 11) is 0. The highest BCUT2D eigenvalue weighted by molar-refractivity contribution is 5.81. The first-order valence-electron chi connectivity index (χ1n) is 9.94. The second-order valence-corrected chi connectivity index (χ2v) is 7.99. The third kappa shape index (κ3) is 4.42. The number of hydrogen-bond donors (Lipinski definition) is 1. The second-order valence-electron chi connectivity index (χ2n) is 7.99. The van der Waals surface area contributed by atoms with E-state index in [0.717, 1.165) is 6.07 Å². The predicted molar refractivity (Wildman–Crippen MR) is 100 cm³/mol. The van der Waals surface area contributed by atoms with Crippen LogP contribution in [0.4, 0.5) is 26.3 Å². The zero-order valence-corrected chi connectivity index (χ0v) is 17.3. The fourth-order valence-electron chi connectivity index (χ4n) is 3.93. The van der Waals surface area contributed by atoms with Gasteiger partial charge in [-0.15, -0.1) is 0 Å². The van der Waals surface area contributed by atoms with Crippen LogP contribution in [0.1, 0.15) is 30.5 Å². The molecule has 2 saturated heterocycles. The molecular weight excluding hydrogens is 442 g/mol. The highest BCUT2D eigenvalue weighted by atomic mass is 19.4. The molecule has 0 aromatic heterocycles. The van der Waals surface area contributed by atoms with E-state index in [4.69, 9.17) is 10.00 Å². The molecule has 1 aromatic rings. The zero-order valence-electron chi connectivity index (χ0n) is 17.3. The average Bonchev–Trinajstić information content (AvgIpc) is 3.19. The number of hydrogen-bond acceptors (Lipinski definition) is 5. The molecule has 176 valence electrons. The molecule has 2 heterocycles. The molecule has 1 aromatic carbocycles. The Labute approximate surface area is 180 Å². The lowest BCUT2D eigenvalue weighted by Gasteiger charge is -2.38. The van der Waals surface area contributed by atoms with Gasteiger partial charge >= 0.3 is 12.4 Å². The third-order valence-corrected chi connectivity index (χ3v) is 5.74. The summed E-state index contributed by atoms with van der Waals surface area (Å²) in [6.45, 7) is 5.19. The summed E-state index contributed by atoms with van der Waals surface area (Å²) >= 11 is 0. The Morgan fingerprint density at radius 2 is 1.81 bits per heavy atom. The van der Waals surface area contributed by atoms with Crippen molar-refractivity contribution in [2.24, 2.45) is 0 Å². The molecule has 3 rings (SSSR count). The van der Waals surface area contributed by atoms with Gasteiger partial charge in [0.05, 0.1) is 17.2 Å². The zero-order chi connectivity index (χ0) is 23.9. The van der Waals surface area contributed by atoms with Crippen molar-refractivity contribution in [3.05, 3.63) is 34.9 Å². The minimum atomic E-state index is -5.17. The van der Waals surface area contributed by atoms with Gasteiger partial charge in [-0.05, 0) is 26.0 Å². The molecule has 2 atom stereocenters. The Kier molecular flexibility index (Phi) is 6.48. The molecular formula is C20H22F6N4O2. The molecule has 32 heavy (non-hydrogen) atoms. The minimum absolute atomic E-state index is 0.243. The normalized spacial score (nSPS) is 25.2. The molecule has 0 saturated carbocycles. The van der Waals surface area contributed by atoms with Gasteiger partial charge in [0, 0.05) is 44.3 Å². The summed E-state index contributed by atoms with van der Waals surface area (Å²) < 4.78 is 87.2. The van der Waals surface area contributed by atoms with Crippen LogP contribution in [-0.4, -0.2) is 66.8 Å². The number of carbonyl (C=O) groups is 1. The Morgan fingerprint density at radius 3 is 2.31 bits per heavy atom. The second kappa shape index (κ2) is 8.53. The molecule has 2 aliphatic heterocycles. The van der Waals surface area contributed by atoms with Crippen LogP contribution in [0.3, 0.4) is 0 Å². The number of nitrogens with zero attached hydrogens (tertiary/aromatic N) is 3. The number of amides is 1. The standard InChI is InChI=1S/C20H22F6N4O2/c1-12(2)29-5-7-30(8-6-29)17(31)16-11-28-18(32-16,20(24,25)26)14-4-3-13(10-27)15(9-14)19(21,22)23/h3-4,9,12,16,28H,5-8,11H2,1-2H3/t16-,18+/m0/s1. The summed E-state index contributed by atoms with van der Waals surface area (Å²) in [5.74, 6) is -0.656. The molecule has 0 unspecified atom stereocenters. The van der Waals surface area contributed by atoms with E-state index in [1.807, 2.05) is 13.8 Å². The van der Waals surface area contributed by atoms with Gasteiger partial charge in [-0.3, -0.25) is 15.0 Å². The topological polar surface area (TPSA) is 68.6 Å². The largest absolute Gasteiger partial charge is 0.435 e. The third-order valence-electron chi connectivity index (χ3n) is 5.74. The van der Waals surface area contributed by atoms with E-state index in [-0.39, 0.29) is 12.1 Å². The van der Waals surface area contributed by atoms with Gasteiger partial charge in [-0.2, -0.15) is 31.6 Å². The molecule has 6 nitrogen and oxygen atoms in total. The van der Waals surface area contributed by atoms with E-state index >= 15 is 0 Å². The molecule has 0 aliphatic carbocycles. The van der Waals surface area contributed by atoms with Crippen molar-refractivity contribution >= 4 is 5.91 Å². The van der Waals surface area contributed by atoms with E-state index in [2.05, 4.69) is 10.2 Å². The first kappa shape index (κ1) is 24.3. The van der Waals surface area contributed by atoms with Crippen molar-refractivity contribution in [3.8, 4) is 6.07 Å². The molecule has 12 heteroatoms. The van der Waals surface area contributed by atoms with Gasteiger partial charge < -0.3 is 9.64 Å². The molecule has 2 fully saturated rings. The summed E-state index contributed by atoms with van der Waals surface area (Å²) in [5.41, 5.74) is -6.50. The number of ether oxygens (including phenoxy) is 1. The van der Waals surface area contributed by atoms with E-state index in [1.165, 1.54) is 11.0 Å². The molecule has 1 amide bonds. The summed E-state index contributed by atoms with van der Waals surface area (Å²) in [6.07, 6.45) is -11.7. The van der Waals surface area contributed by atoms with Crippen molar-refractivity contribution in [3.63, 3.8) is 0 Å². The Hall–Kier alpha value is -2.36. The van der Waals surface area contributed by atoms with Gasteiger partial charge in [0.25, 0.3) is 5.91 Å². The summed E-state index contributed by atoms with van der Waals surface area (Å²) in [4.78, 5) is 16.3. The molecule has 1 N–H and O–H groups in total. The van der Waals surface area contributed by atoms with Crippen LogP contribution < -0.4 is 5.32 Å². The molecule has 0 spiro atoms. The maximum Gasteiger partial charge on any atom is 0.435 e.